The average molecular weight is 554 g/mol. The van der Waals surface area contributed by atoms with Gasteiger partial charge in [0.05, 0.1) is 6.61 Å². The molecular formula is C31H43N3O6. The van der Waals surface area contributed by atoms with Gasteiger partial charge in [-0.2, -0.15) is 0 Å². The number of aliphatic hydroxyl groups is 1. The third kappa shape index (κ3) is 10.4. The highest BCUT2D eigenvalue weighted by molar-refractivity contribution is 5.92. The minimum Gasteiger partial charge on any atom is -0.508 e. The van der Waals surface area contributed by atoms with E-state index in [4.69, 9.17) is 4.74 Å². The number of hydrogen-bond donors (Lipinski definition) is 4. The van der Waals surface area contributed by atoms with E-state index in [1.54, 1.807) is 57.2 Å². The van der Waals surface area contributed by atoms with Gasteiger partial charge in [-0.25, -0.2) is 4.79 Å². The summed E-state index contributed by atoms with van der Waals surface area (Å²) < 4.78 is 5.41. The fourth-order valence-electron chi connectivity index (χ4n) is 4.20. The van der Waals surface area contributed by atoms with Crippen molar-refractivity contribution in [3.63, 3.8) is 0 Å². The maximum atomic E-state index is 14.2. The number of carbonyl (C=O) groups is 3. The number of benzene rings is 2. The Morgan fingerprint density at radius 3 is 2.40 bits per heavy atom. The minimum atomic E-state index is -1.12. The van der Waals surface area contributed by atoms with Crippen LogP contribution in [-0.4, -0.2) is 64.4 Å². The van der Waals surface area contributed by atoms with Crippen LogP contribution in [0.3, 0.4) is 0 Å². The molecule has 3 amide bonds. The molecule has 0 spiro atoms. The summed E-state index contributed by atoms with van der Waals surface area (Å²) in [4.78, 5) is 41.8. The molecule has 218 valence electrons. The van der Waals surface area contributed by atoms with Gasteiger partial charge in [0.25, 0.3) is 0 Å². The summed E-state index contributed by atoms with van der Waals surface area (Å²) >= 11 is 0. The van der Waals surface area contributed by atoms with E-state index in [1.807, 2.05) is 6.07 Å². The number of alkyl carbamates (subject to hydrolysis) is 1. The molecule has 0 aliphatic heterocycles. The van der Waals surface area contributed by atoms with Crippen molar-refractivity contribution in [3.05, 3.63) is 71.8 Å². The second-order valence-electron chi connectivity index (χ2n) is 10.6. The molecule has 2 rings (SSSR count). The van der Waals surface area contributed by atoms with Crippen molar-refractivity contribution in [3.8, 4) is 5.75 Å². The van der Waals surface area contributed by atoms with Gasteiger partial charge in [0, 0.05) is 19.5 Å². The SMILES string of the molecule is C=Cc1cccc(C(C(=O)NCCCCC)N(CCO)C(=O)C(Cc2ccc(O)cc2)NC(=O)OC(C)(C)C)c1. The first-order valence-corrected chi connectivity index (χ1v) is 13.7. The van der Waals surface area contributed by atoms with Crippen LogP contribution in [0.1, 0.15) is 69.7 Å². The Morgan fingerprint density at radius 2 is 1.80 bits per heavy atom. The van der Waals surface area contributed by atoms with Gasteiger partial charge < -0.3 is 30.5 Å². The second-order valence-corrected chi connectivity index (χ2v) is 10.6. The minimum absolute atomic E-state index is 0.0653. The summed E-state index contributed by atoms with van der Waals surface area (Å²) in [6, 6.07) is 11.2. The van der Waals surface area contributed by atoms with Gasteiger partial charge in [-0.15, -0.1) is 0 Å². The normalized spacial score (nSPS) is 12.6. The summed E-state index contributed by atoms with van der Waals surface area (Å²) in [6.07, 6.45) is 3.66. The lowest BCUT2D eigenvalue weighted by Gasteiger charge is -2.34. The zero-order valence-electron chi connectivity index (χ0n) is 24.0. The fraction of sp³-hybridized carbons (Fsp3) is 0.452. The van der Waals surface area contributed by atoms with Gasteiger partial charge in [0.1, 0.15) is 23.4 Å². The van der Waals surface area contributed by atoms with E-state index in [0.717, 1.165) is 24.8 Å². The third-order valence-electron chi connectivity index (χ3n) is 6.09. The molecule has 0 aromatic heterocycles. The smallest absolute Gasteiger partial charge is 0.408 e. The number of ether oxygens (including phenoxy) is 1. The van der Waals surface area contributed by atoms with Crippen LogP contribution < -0.4 is 10.6 Å². The van der Waals surface area contributed by atoms with Crippen LogP contribution in [-0.2, 0) is 20.7 Å². The molecule has 2 aromatic rings. The molecule has 0 saturated carbocycles. The Hall–Kier alpha value is -3.85. The van der Waals surface area contributed by atoms with Crippen molar-refractivity contribution in [2.75, 3.05) is 19.7 Å². The number of aromatic hydroxyl groups is 1. The molecule has 0 saturated heterocycles. The standard InChI is InChI=1S/C31H43N3O6/c1-6-8-9-17-32-28(37)27(24-12-10-11-22(7-2)20-24)34(18-19-35)29(38)26(33-30(39)40-31(3,4)5)21-23-13-15-25(36)16-14-23/h7,10-16,20,26-27,35-36H,2,6,8-9,17-19,21H2,1,3-5H3,(H,32,37)(H,33,39). The largest absolute Gasteiger partial charge is 0.508 e. The molecule has 0 heterocycles. The zero-order chi connectivity index (χ0) is 29.7. The van der Waals surface area contributed by atoms with Gasteiger partial charge in [0.15, 0.2) is 0 Å². The number of phenolic OH excluding ortho intramolecular Hbond substituents is 1. The summed E-state index contributed by atoms with van der Waals surface area (Å²) in [5.74, 6) is -0.888. The third-order valence-corrected chi connectivity index (χ3v) is 6.09. The fourth-order valence-corrected chi connectivity index (χ4v) is 4.20. The van der Waals surface area contributed by atoms with Gasteiger partial charge in [-0.3, -0.25) is 9.59 Å². The van der Waals surface area contributed by atoms with E-state index in [0.29, 0.717) is 17.7 Å². The van der Waals surface area contributed by atoms with Crippen LogP contribution in [0.2, 0.25) is 0 Å². The summed E-state index contributed by atoms with van der Waals surface area (Å²) in [5, 5.41) is 25.3. The number of aliphatic hydroxyl groups excluding tert-OH is 1. The lowest BCUT2D eigenvalue weighted by molar-refractivity contribution is -0.143. The number of amides is 3. The van der Waals surface area contributed by atoms with Gasteiger partial charge in [-0.1, -0.05) is 62.8 Å². The highest BCUT2D eigenvalue weighted by Crippen LogP contribution is 2.25. The molecule has 0 fully saturated rings. The molecule has 9 nitrogen and oxygen atoms in total. The van der Waals surface area contributed by atoms with Crippen LogP contribution in [0.15, 0.2) is 55.1 Å². The molecule has 2 unspecified atom stereocenters. The van der Waals surface area contributed by atoms with Crippen LogP contribution in [0.4, 0.5) is 4.79 Å². The van der Waals surface area contributed by atoms with Gasteiger partial charge >= 0.3 is 6.09 Å². The van der Waals surface area contributed by atoms with E-state index in [2.05, 4.69) is 24.1 Å². The number of phenols is 1. The Labute approximate surface area is 237 Å². The first kappa shape index (κ1) is 32.4. The van der Waals surface area contributed by atoms with Crippen molar-refractivity contribution in [1.29, 1.82) is 0 Å². The topological polar surface area (TPSA) is 128 Å². The molecule has 0 radical (unpaired) electrons. The predicted octanol–water partition coefficient (Wildman–Crippen LogP) is 4.34. The lowest BCUT2D eigenvalue weighted by atomic mass is 9.98. The van der Waals surface area contributed by atoms with Gasteiger partial charge in [-0.05, 0) is 62.1 Å². The van der Waals surface area contributed by atoms with Crippen LogP contribution >= 0.6 is 0 Å². The summed E-state index contributed by atoms with van der Waals surface area (Å²) in [5.41, 5.74) is 1.19. The van der Waals surface area contributed by atoms with Crippen LogP contribution in [0.25, 0.3) is 6.08 Å². The number of nitrogens with one attached hydrogen (secondary N) is 2. The van der Waals surface area contributed by atoms with Crippen molar-refractivity contribution >= 4 is 24.0 Å². The van der Waals surface area contributed by atoms with E-state index in [1.165, 1.54) is 17.0 Å². The number of nitrogens with zero attached hydrogens (tertiary/aromatic N) is 1. The van der Waals surface area contributed by atoms with Crippen molar-refractivity contribution in [2.45, 2.75) is 71.1 Å². The van der Waals surface area contributed by atoms with E-state index < -0.39 is 36.3 Å². The Balaban J connectivity index is 2.50. The van der Waals surface area contributed by atoms with E-state index in [9.17, 15) is 24.6 Å². The van der Waals surface area contributed by atoms with Crippen LogP contribution in [0, 0.1) is 0 Å². The molecule has 40 heavy (non-hydrogen) atoms. The number of carbonyl (C=O) groups excluding carboxylic acids is 3. The first-order chi connectivity index (χ1) is 19.0. The molecule has 9 heteroatoms. The molecule has 2 atom stereocenters. The molecule has 4 N–H and O–H groups in total. The second kappa shape index (κ2) is 15.7. The van der Waals surface area contributed by atoms with Crippen molar-refractivity contribution < 1.29 is 29.3 Å². The van der Waals surface area contributed by atoms with Crippen molar-refractivity contribution in [2.24, 2.45) is 0 Å². The maximum absolute atomic E-state index is 14.2. The number of rotatable bonds is 14. The molecule has 0 aliphatic rings. The zero-order valence-corrected chi connectivity index (χ0v) is 24.0. The number of unbranched alkanes of at least 4 members (excludes halogenated alkanes) is 2. The quantitative estimate of drug-likeness (QED) is 0.258. The Kier molecular flexibility index (Phi) is 12.7. The van der Waals surface area contributed by atoms with Crippen molar-refractivity contribution in [1.82, 2.24) is 15.5 Å². The summed E-state index contributed by atoms with van der Waals surface area (Å²) in [6.45, 7) is 10.9. The van der Waals surface area contributed by atoms with Crippen LogP contribution in [0.5, 0.6) is 5.75 Å². The molecule has 2 aromatic carbocycles. The highest BCUT2D eigenvalue weighted by atomic mass is 16.6. The van der Waals surface area contributed by atoms with E-state index in [-0.39, 0.29) is 24.6 Å². The Morgan fingerprint density at radius 1 is 1.10 bits per heavy atom. The highest BCUT2D eigenvalue weighted by Gasteiger charge is 2.36. The lowest BCUT2D eigenvalue weighted by Crippen LogP contribution is -2.54. The van der Waals surface area contributed by atoms with E-state index >= 15 is 0 Å². The molecular weight excluding hydrogens is 510 g/mol. The van der Waals surface area contributed by atoms with Gasteiger partial charge in [0.2, 0.25) is 11.8 Å². The summed E-state index contributed by atoms with van der Waals surface area (Å²) in [7, 11) is 0. The average Bonchev–Trinajstić information content (AvgIpc) is 2.90. The Bertz CT molecular complexity index is 1130. The maximum Gasteiger partial charge on any atom is 0.408 e. The molecule has 0 bridgehead atoms. The molecule has 0 aliphatic carbocycles. The predicted molar refractivity (Wildman–Crippen MR) is 156 cm³/mol. The number of hydrogen-bond acceptors (Lipinski definition) is 6. The first-order valence-electron chi connectivity index (χ1n) is 13.7. The monoisotopic (exact) mass is 553 g/mol.